The van der Waals surface area contributed by atoms with Crippen LogP contribution in [0.1, 0.15) is 28.8 Å². The first kappa shape index (κ1) is 17.5. The van der Waals surface area contributed by atoms with Gasteiger partial charge in [0.15, 0.2) is 0 Å². The molecule has 2 aromatic rings. The summed E-state index contributed by atoms with van der Waals surface area (Å²) in [6.07, 6.45) is 3.44. The van der Waals surface area contributed by atoms with Crippen LogP contribution in [0.3, 0.4) is 0 Å². The molecule has 25 heavy (non-hydrogen) atoms. The summed E-state index contributed by atoms with van der Waals surface area (Å²) in [5.74, 6) is 1.92. The van der Waals surface area contributed by atoms with Gasteiger partial charge in [-0.2, -0.15) is 16.7 Å². The fraction of sp³-hybridized carbons (Fsp3) is 0.353. The Bertz CT molecular complexity index is 781. The lowest BCUT2D eigenvalue weighted by Crippen LogP contribution is -2.26. The van der Waals surface area contributed by atoms with Crippen molar-refractivity contribution in [3.63, 3.8) is 0 Å². The van der Waals surface area contributed by atoms with Crippen LogP contribution in [0, 0.1) is 5.82 Å². The first-order valence-corrected chi connectivity index (χ1v) is 9.09. The minimum absolute atomic E-state index is 0.0546. The van der Waals surface area contributed by atoms with Crippen LogP contribution in [0.15, 0.2) is 24.4 Å². The molecule has 1 aliphatic heterocycles. The van der Waals surface area contributed by atoms with Crippen molar-refractivity contribution in [1.29, 1.82) is 0 Å². The zero-order chi connectivity index (χ0) is 17.8. The van der Waals surface area contributed by atoms with Crippen LogP contribution in [0.4, 0.5) is 16.2 Å². The molecule has 1 saturated heterocycles. The predicted molar refractivity (Wildman–Crippen MR) is 96.8 cm³/mol. The summed E-state index contributed by atoms with van der Waals surface area (Å²) in [4.78, 5) is 21.0. The van der Waals surface area contributed by atoms with Gasteiger partial charge in [-0.05, 0) is 42.5 Å². The monoisotopic (exact) mass is 362 g/mol. The number of nitrogens with zero attached hydrogens (tertiary/aromatic N) is 2. The van der Waals surface area contributed by atoms with E-state index in [1.54, 1.807) is 0 Å². The molecule has 0 aliphatic carbocycles. The predicted octanol–water partition coefficient (Wildman–Crippen LogP) is 2.75. The molecule has 0 bridgehead atoms. The van der Waals surface area contributed by atoms with Gasteiger partial charge in [-0.1, -0.05) is 0 Å². The van der Waals surface area contributed by atoms with Gasteiger partial charge in [0.05, 0.1) is 18.2 Å². The Balaban J connectivity index is 1.83. The highest BCUT2D eigenvalue weighted by Crippen LogP contribution is 2.25. The molecule has 2 heterocycles. The number of ketones is 1. The normalized spacial score (nSPS) is 15.0. The molecular formula is C17H19FN4O2S. The lowest BCUT2D eigenvalue weighted by atomic mass is 10.0. The quantitative estimate of drug-likeness (QED) is 0.790. The van der Waals surface area contributed by atoms with E-state index in [4.69, 9.17) is 10.5 Å². The maximum absolute atomic E-state index is 13.5. The van der Waals surface area contributed by atoms with Crippen molar-refractivity contribution in [2.24, 2.45) is 0 Å². The number of carbonyl (C=O) groups excluding carboxylic acids is 1. The topological polar surface area (TPSA) is 90.1 Å². The Morgan fingerprint density at radius 2 is 2.12 bits per heavy atom. The third-order valence-electron chi connectivity index (χ3n) is 4.02. The number of halogens is 1. The summed E-state index contributed by atoms with van der Waals surface area (Å²) < 4.78 is 18.6. The van der Waals surface area contributed by atoms with Crippen molar-refractivity contribution >= 4 is 29.3 Å². The highest BCUT2D eigenvalue weighted by atomic mass is 32.2. The molecule has 1 aliphatic rings. The van der Waals surface area contributed by atoms with E-state index in [1.165, 1.54) is 25.4 Å². The van der Waals surface area contributed by atoms with Gasteiger partial charge in [-0.3, -0.25) is 4.79 Å². The van der Waals surface area contributed by atoms with E-state index in [0.717, 1.165) is 30.4 Å². The highest BCUT2D eigenvalue weighted by Gasteiger charge is 2.20. The molecule has 0 unspecified atom stereocenters. The number of methoxy groups -OCH3 is 1. The van der Waals surface area contributed by atoms with Crippen LogP contribution in [0.25, 0.3) is 0 Å². The third-order valence-corrected chi connectivity index (χ3v) is 5.07. The van der Waals surface area contributed by atoms with Crippen molar-refractivity contribution in [2.75, 3.05) is 29.7 Å². The van der Waals surface area contributed by atoms with Gasteiger partial charge in [0.2, 0.25) is 11.7 Å². The summed E-state index contributed by atoms with van der Waals surface area (Å²) >= 11 is 1.93. The first-order chi connectivity index (χ1) is 12.1. The van der Waals surface area contributed by atoms with Gasteiger partial charge in [-0.25, -0.2) is 9.37 Å². The van der Waals surface area contributed by atoms with Crippen molar-refractivity contribution in [2.45, 2.75) is 18.9 Å². The molecule has 8 heteroatoms. The van der Waals surface area contributed by atoms with Crippen LogP contribution in [0.2, 0.25) is 0 Å². The minimum atomic E-state index is -0.530. The number of anilines is 2. The summed E-state index contributed by atoms with van der Waals surface area (Å²) in [5, 5.41) is 3.25. The average Bonchev–Trinajstić information content (AvgIpc) is 2.62. The molecular weight excluding hydrogens is 343 g/mol. The third kappa shape index (κ3) is 4.01. The van der Waals surface area contributed by atoms with Crippen LogP contribution < -0.4 is 15.8 Å². The molecule has 0 atom stereocenters. The highest BCUT2D eigenvalue weighted by molar-refractivity contribution is 7.99. The first-order valence-electron chi connectivity index (χ1n) is 7.93. The summed E-state index contributed by atoms with van der Waals surface area (Å²) in [6.45, 7) is 0. The molecule has 3 N–H and O–H groups in total. The van der Waals surface area contributed by atoms with Crippen LogP contribution in [-0.4, -0.2) is 40.4 Å². The van der Waals surface area contributed by atoms with Crippen molar-refractivity contribution in [3.05, 3.63) is 41.3 Å². The summed E-state index contributed by atoms with van der Waals surface area (Å²) in [6, 6.07) is 4.05. The number of thioether (sulfide) groups is 1. The zero-order valence-electron chi connectivity index (χ0n) is 13.8. The second-order valence-corrected chi connectivity index (χ2v) is 6.92. The number of ether oxygens (including phenoxy) is 1. The fourth-order valence-corrected chi connectivity index (χ4v) is 3.77. The number of nitrogens with one attached hydrogen (secondary N) is 1. The Labute approximate surface area is 149 Å². The average molecular weight is 362 g/mol. The fourth-order valence-electron chi connectivity index (χ4n) is 2.67. The molecule has 1 aromatic carbocycles. The Morgan fingerprint density at radius 1 is 1.36 bits per heavy atom. The number of hydrogen-bond acceptors (Lipinski definition) is 7. The van der Waals surface area contributed by atoms with Crippen molar-refractivity contribution in [3.8, 4) is 5.75 Å². The van der Waals surface area contributed by atoms with E-state index >= 15 is 0 Å². The van der Waals surface area contributed by atoms with Crippen LogP contribution >= 0.6 is 11.8 Å². The number of aromatic nitrogens is 2. The van der Waals surface area contributed by atoms with Gasteiger partial charge in [0.25, 0.3) is 0 Å². The molecule has 0 amide bonds. The van der Waals surface area contributed by atoms with E-state index in [9.17, 15) is 9.18 Å². The van der Waals surface area contributed by atoms with Gasteiger partial charge in [-0.15, -0.1) is 0 Å². The van der Waals surface area contributed by atoms with Crippen molar-refractivity contribution in [1.82, 2.24) is 9.97 Å². The van der Waals surface area contributed by atoms with Crippen molar-refractivity contribution < 1.29 is 13.9 Å². The van der Waals surface area contributed by atoms with Gasteiger partial charge in [0, 0.05) is 12.2 Å². The smallest absolute Gasteiger partial charge is 0.224 e. The largest absolute Gasteiger partial charge is 0.496 e. The molecule has 0 saturated carbocycles. The van der Waals surface area contributed by atoms with E-state index in [1.807, 2.05) is 11.8 Å². The molecule has 0 radical (unpaired) electrons. The second kappa shape index (κ2) is 7.69. The zero-order valence-corrected chi connectivity index (χ0v) is 14.6. The number of nitrogen functional groups attached to an aromatic ring is 1. The number of rotatable bonds is 5. The molecule has 6 nitrogen and oxygen atoms in total. The van der Waals surface area contributed by atoms with E-state index in [0.29, 0.717) is 12.0 Å². The molecule has 1 fully saturated rings. The molecule has 0 spiro atoms. The molecule has 3 rings (SSSR count). The maximum Gasteiger partial charge on any atom is 0.224 e. The lowest BCUT2D eigenvalue weighted by molar-refractivity contribution is 0.103. The number of hydrogen-bond donors (Lipinski definition) is 2. The Morgan fingerprint density at radius 3 is 2.80 bits per heavy atom. The molecule has 132 valence electrons. The van der Waals surface area contributed by atoms with E-state index in [-0.39, 0.29) is 22.7 Å². The molecule has 1 aromatic heterocycles. The number of benzene rings is 1. The van der Waals surface area contributed by atoms with Gasteiger partial charge >= 0.3 is 0 Å². The number of carbonyl (C=O) groups is 1. The second-order valence-electron chi connectivity index (χ2n) is 5.70. The SMILES string of the molecule is COc1ccc(F)cc1C(=O)c1cnc(NC2CCSCC2)nc1N. The number of nitrogens with two attached hydrogens (primary N) is 1. The van der Waals surface area contributed by atoms with Crippen LogP contribution in [-0.2, 0) is 0 Å². The Kier molecular flexibility index (Phi) is 5.37. The minimum Gasteiger partial charge on any atom is -0.496 e. The summed E-state index contributed by atoms with van der Waals surface area (Å²) in [5.41, 5.74) is 6.15. The van der Waals surface area contributed by atoms with Gasteiger partial charge in [0.1, 0.15) is 17.4 Å². The van der Waals surface area contributed by atoms with E-state index in [2.05, 4.69) is 15.3 Å². The lowest BCUT2D eigenvalue weighted by Gasteiger charge is -2.22. The van der Waals surface area contributed by atoms with Gasteiger partial charge < -0.3 is 15.8 Å². The maximum atomic E-state index is 13.5. The van der Waals surface area contributed by atoms with Crippen LogP contribution in [0.5, 0.6) is 5.75 Å². The summed E-state index contributed by atoms with van der Waals surface area (Å²) in [7, 11) is 1.42. The van der Waals surface area contributed by atoms with E-state index < -0.39 is 11.6 Å². The Hall–Kier alpha value is -2.35. The standard InChI is InChI=1S/C17H19FN4O2S/c1-24-14-3-2-10(18)8-12(14)15(23)13-9-20-17(22-16(13)19)21-11-4-6-25-7-5-11/h2-3,8-9,11H,4-7H2,1H3,(H3,19,20,21,22).